The molecule has 6 N–H and O–H groups in total. The van der Waals surface area contributed by atoms with E-state index < -0.39 is 49.2 Å². The molecule has 6 rings (SSSR count). The molecule has 2 aliphatic heterocycles. The number of carbonyl (C=O) groups is 2. The predicted octanol–water partition coefficient (Wildman–Crippen LogP) is 1.65. The Kier molecular flexibility index (Phi) is 11.2. The third-order valence-electron chi connectivity index (χ3n) is 13.6. The van der Waals surface area contributed by atoms with E-state index in [4.69, 9.17) is 18.9 Å². The summed E-state index contributed by atoms with van der Waals surface area (Å²) in [5, 5.41) is 60.0. The van der Waals surface area contributed by atoms with E-state index in [-0.39, 0.29) is 72.0 Å². The fourth-order valence-corrected chi connectivity index (χ4v) is 10.6. The fraction of sp³-hybridized carbons (Fsp3) is 0.892. The largest absolute Gasteiger partial charge is 0.388 e. The third kappa shape index (κ3) is 6.96. The van der Waals surface area contributed by atoms with Gasteiger partial charge in [0.25, 0.3) is 0 Å². The van der Waals surface area contributed by atoms with Crippen molar-refractivity contribution in [3.63, 3.8) is 0 Å². The van der Waals surface area contributed by atoms with Crippen LogP contribution in [0.2, 0.25) is 0 Å². The van der Waals surface area contributed by atoms with Gasteiger partial charge in [-0.05, 0) is 79.4 Å². The number of hydrogen-bond acceptors (Lipinski definition) is 12. The molecule has 6 aliphatic rings. The van der Waals surface area contributed by atoms with Crippen LogP contribution in [0.5, 0.6) is 0 Å². The van der Waals surface area contributed by atoms with Crippen LogP contribution in [-0.2, 0) is 28.5 Å². The molecule has 0 amide bonds. The van der Waals surface area contributed by atoms with Gasteiger partial charge in [0.2, 0.25) is 0 Å². The van der Waals surface area contributed by atoms with Gasteiger partial charge in [-0.1, -0.05) is 39.3 Å². The molecule has 0 unspecified atom stereocenters. The van der Waals surface area contributed by atoms with Crippen molar-refractivity contribution in [2.24, 2.45) is 46.3 Å². The maximum absolute atomic E-state index is 13.8. The highest BCUT2D eigenvalue weighted by Gasteiger charge is 2.62. The summed E-state index contributed by atoms with van der Waals surface area (Å²) >= 11 is 0. The summed E-state index contributed by atoms with van der Waals surface area (Å²) in [5.74, 6) is 0.654. The minimum Gasteiger partial charge on any atom is -0.388 e. The van der Waals surface area contributed by atoms with Crippen molar-refractivity contribution < 1.29 is 59.2 Å². The van der Waals surface area contributed by atoms with Gasteiger partial charge in [-0.3, -0.25) is 9.59 Å². The van der Waals surface area contributed by atoms with E-state index in [0.29, 0.717) is 31.1 Å². The molecular weight excluding hydrogens is 636 g/mol. The summed E-state index contributed by atoms with van der Waals surface area (Å²) in [6.45, 7) is 8.50. The van der Waals surface area contributed by atoms with E-state index in [1.807, 2.05) is 13.8 Å². The summed E-state index contributed by atoms with van der Waals surface area (Å²) in [6.07, 6.45) is -0.742. The Morgan fingerprint density at radius 3 is 2.24 bits per heavy atom. The number of hydrogen-bond donors (Lipinski definition) is 6. The Balaban J connectivity index is 1.04. The lowest BCUT2D eigenvalue weighted by Crippen LogP contribution is -2.55. The van der Waals surface area contributed by atoms with Crippen molar-refractivity contribution in [2.45, 2.75) is 141 Å². The topological polar surface area (TPSA) is 192 Å². The minimum atomic E-state index is -1.35. The molecule has 0 spiro atoms. The lowest BCUT2D eigenvalue weighted by molar-refractivity contribution is -0.284. The van der Waals surface area contributed by atoms with Crippen LogP contribution in [0.3, 0.4) is 0 Å². The van der Waals surface area contributed by atoms with Crippen molar-refractivity contribution >= 4 is 11.6 Å². The van der Waals surface area contributed by atoms with Crippen molar-refractivity contribution in [1.29, 1.82) is 0 Å². The first-order valence-corrected chi connectivity index (χ1v) is 18.5. The summed E-state index contributed by atoms with van der Waals surface area (Å²) in [6, 6.07) is 0. The number of ether oxygens (including phenoxy) is 4. The first-order chi connectivity index (χ1) is 23.2. The third-order valence-corrected chi connectivity index (χ3v) is 13.6. The molecule has 278 valence electrons. The second-order valence-corrected chi connectivity index (χ2v) is 16.7. The van der Waals surface area contributed by atoms with Crippen molar-refractivity contribution in [1.82, 2.24) is 0 Å². The first kappa shape index (κ1) is 37.4. The Morgan fingerprint density at radius 2 is 1.55 bits per heavy atom. The van der Waals surface area contributed by atoms with Crippen LogP contribution in [0.4, 0.5) is 0 Å². The van der Waals surface area contributed by atoms with E-state index in [1.165, 1.54) is 5.57 Å². The monoisotopic (exact) mass is 694 g/mol. The summed E-state index contributed by atoms with van der Waals surface area (Å²) in [5.41, 5.74) is 1.12. The van der Waals surface area contributed by atoms with Gasteiger partial charge in [0, 0.05) is 24.7 Å². The zero-order valence-corrected chi connectivity index (χ0v) is 29.4. The quantitative estimate of drug-likeness (QED) is 0.182. The van der Waals surface area contributed by atoms with Crippen molar-refractivity contribution in [3.8, 4) is 0 Å². The van der Waals surface area contributed by atoms with Gasteiger partial charge < -0.3 is 49.6 Å². The molecule has 5 fully saturated rings. The Morgan fingerprint density at radius 1 is 0.898 bits per heavy atom. The van der Waals surface area contributed by atoms with Gasteiger partial charge in [0.1, 0.15) is 48.2 Å². The van der Waals surface area contributed by atoms with Crippen LogP contribution >= 0.6 is 0 Å². The maximum atomic E-state index is 13.8. The molecule has 0 aromatic rings. The zero-order valence-electron chi connectivity index (χ0n) is 29.4. The SMILES string of the molecule is C[C@H](CCC(=O)[C@@H](C)[C@H]1C(=O)C[C@H]2[C@@H]3CC=C4C[C@@H](O[C@@H]5OC[C@@H](O)[C@H](O)[C@H]5O)CC[C@]4(C)[C@H]3CC[C@]12C)CO[C@@H]1OC[C@@H](O)[C@H](O)[C@H]1O. The summed E-state index contributed by atoms with van der Waals surface area (Å²) in [4.78, 5) is 27.4. The molecule has 17 atom stereocenters. The number of ketones is 2. The van der Waals surface area contributed by atoms with Gasteiger partial charge in [-0.2, -0.15) is 0 Å². The van der Waals surface area contributed by atoms with Crippen LogP contribution in [-0.4, -0.2) is 117 Å². The number of allylic oxidation sites excluding steroid dienone is 1. The van der Waals surface area contributed by atoms with Gasteiger partial charge in [0.15, 0.2) is 12.6 Å². The van der Waals surface area contributed by atoms with Crippen LogP contribution in [0.25, 0.3) is 0 Å². The van der Waals surface area contributed by atoms with E-state index in [9.17, 15) is 40.2 Å². The molecule has 12 heteroatoms. The van der Waals surface area contributed by atoms with Crippen molar-refractivity contribution in [3.05, 3.63) is 11.6 Å². The fourth-order valence-electron chi connectivity index (χ4n) is 10.6. The molecular formula is C37H58O12. The average molecular weight is 695 g/mol. The smallest absolute Gasteiger partial charge is 0.186 e. The minimum absolute atomic E-state index is 0.0107. The van der Waals surface area contributed by atoms with Crippen LogP contribution in [0.1, 0.15) is 85.5 Å². The van der Waals surface area contributed by atoms with Gasteiger partial charge in [-0.25, -0.2) is 0 Å². The van der Waals surface area contributed by atoms with Crippen LogP contribution < -0.4 is 0 Å². The molecule has 2 heterocycles. The number of aliphatic hydroxyl groups excluding tert-OH is 6. The lowest BCUT2D eigenvalue weighted by Gasteiger charge is -2.58. The first-order valence-electron chi connectivity index (χ1n) is 18.5. The second kappa shape index (κ2) is 14.6. The molecule has 49 heavy (non-hydrogen) atoms. The molecule has 4 aliphatic carbocycles. The number of carbonyl (C=O) groups excluding carboxylic acids is 2. The molecule has 12 nitrogen and oxygen atoms in total. The summed E-state index contributed by atoms with van der Waals surface area (Å²) in [7, 11) is 0. The maximum Gasteiger partial charge on any atom is 0.186 e. The lowest BCUT2D eigenvalue weighted by atomic mass is 9.47. The summed E-state index contributed by atoms with van der Waals surface area (Å²) < 4.78 is 22.6. The molecule has 0 bridgehead atoms. The molecule has 0 aromatic carbocycles. The average Bonchev–Trinajstić information content (AvgIpc) is 3.35. The Bertz CT molecular complexity index is 1240. The molecule has 2 saturated heterocycles. The standard InChI is InChI=1S/C37H58O12/c1-18(15-46-34-32(44)30(42)27(40)16-47-34)5-8-25(38)19(2)29-26(39)14-24-22-7-6-20-13-21(49-35-33(45)31(43)28(41)17-48-35)9-11-36(20,3)23(22)10-12-37(24,29)4/h6,18-19,21-24,27-35,40-45H,5,7-17H2,1-4H3/t18-,19-,21+,22-,23+,24+,27-,28-,29+,30+,31+,32-,33-,34-,35+,36+,37+/m1/s1. The normalized spacial score (nSPS) is 48.2. The van der Waals surface area contributed by atoms with E-state index in [0.717, 1.165) is 38.5 Å². The number of rotatable bonds is 10. The molecule has 0 aromatic heterocycles. The van der Waals surface area contributed by atoms with E-state index in [1.54, 1.807) is 0 Å². The zero-order chi connectivity index (χ0) is 35.4. The predicted molar refractivity (Wildman–Crippen MR) is 174 cm³/mol. The number of aliphatic hydroxyl groups is 6. The van der Waals surface area contributed by atoms with Gasteiger partial charge in [0.05, 0.1) is 25.9 Å². The Labute approximate surface area is 289 Å². The number of fused-ring (bicyclic) bond motifs is 5. The number of Topliss-reactive ketones (excluding diaryl/α,β-unsaturated/α-hetero) is 2. The molecule has 3 saturated carbocycles. The second-order valence-electron chi connectivity index (χ2n) is 16.7. The highest BCUT2D eigenvalue weighted by molar-refractivity contribution is 5.92. The van der Waals surface area contributed by atoms with Gasteiger partial charge in [-0.15, -0.1) is 0 Å². The van der Waals surface area contributed by atoms with E-state index in [2.05, 4.69) is 19.9 Å². The van der Waals surface area contributed by atoms with Crippen LogP contribution in [0, 0.1) is 46.3 Å². The Hall–Kier alpha value is -1.32. The molecule has 0 radical (unpaired) electrons. The highest BCUT2D eigenvalue weighted by Crippen LogP contribution is 2.66. The van der Waals surface area contributed by atoms with E-state index >= 15 is 0 Å². The van der Waals surface area contributed by atoms with Crippen molar-refractivity contribution in [2.75, 3.05) is 19.8 Å². The van der Waals surface area contributed by atoms with Crippen LogP contribution in [0.15, 0.2) is 11.6 Å². The van der Waals surface area contributed by atoms with Gasteiger partial charge >= 0.3 is 0 Å². The highest BCUT2D eigenvalue weighted by atomic mass is 16.7.